The number of Topliss-reactive ketones (excluding diaryl/α,β-unsaturated/α-hetero) is 1. The first-order valence-electron chi connectivity index (χ1n) is 13.7. The number of carbonyl (C=O) groups is 2. The van der Waals surface area contributed by atoms with Crippen molar-refractivity contribution in [1.82, 2.24) is 5.32 Å². The maximum atomic E-state index is 14.3. The van der Waals surface area contributed by atoms with Gasteiger partial charge in [0.15, 0.2) is 5.78 Å². The minimum Gasteiger partial charge on any atom is -0.462 e. The third kappa shape index (κ3) is 3.05. The van der Waals surface area contributed by atoms with E-state index in [0.29, 0.717) is 35.5 Å². The van der Waals surface area contributed by atoms with E-state index < -0.39 is 0 Å². The summed E-state index contributed by atoms with van der Waals surface area (Å²) in [5.74, 6) is 2.06. The zero-order chi connectivity index (χ0) is 24.0. The van der Waals surface area contributed by atoms with Crippen LogP contribution in [0.15, 0.2) is 22.8 Å². The van der Waals surface area contributed by atoms with Crippen LogP contribution in [-0.4, -0.2) is 42.1 Å². The maximum absolute atomic E-state index is 14.3. The molecule has 2 saturated heterocycles. The topological polar surface area (TPSA) is 64.6 Å². The van der Waals surface area contributed by atoms with Gasteiger partial charge < -0.3 is 14.8 Å². The number of allylic oxidation sites excluding steroid dienone is 2. The summed E-state index contributed by atoms with van der Waals surface area (Å²) in [5.41, 5.74) is 3.32. The fourth-order valence-electron chi connectivity index (χ4n) is 9.25. The minimum atomic E-state index is -0.286. The Morgan fingerprint density at radius 2 is 2.03 bits per heavy atom. The van der Waals surface area contributed by atoms with Crippen molar-refractivity contribution in [3.63, 3.8) is 0 Å². The lowest BCUT2D eigenvalue weighted by atomic mass is 9.56. The second kappa shape index (κ2) is 7.77. The first kappa shape index (κ1) is 23.0. The third-order valence-electron chi connectivity index (χ3n) is 10.9. The smallest absolute Gasteiger partial charge is 0.302 e. The van der Waals surface area contributed by atoms with Gasteiger partial charge in [0.05, 0.1) is 11.7 Å². The van der Waals surface area contributed by atoms with Crippen LogP contribution in [0.1, 0.15) is 79.6 Å². The molecule has 2 aliphatic heterocycles. The fourth-order valence-corrected chi connectivity index (χ4v) is 9.25. The monoisotopic (exact) mass is 467 g/mol. The number of esters is 1. The number of fused-ring (bicyclic) bond motifs is 6. The normalized spacial score (nSPS) is 49.8. The molecule has 0 aromatic heterocycles. The first-order chi connectivity index (χ1) is 16.2. The molecule has 0 radical (unpaired) electrons. The molecule has 0 amide bonds. The van der Waals surface area contributed by atoms with E-state index in [-0.39, 0.29) is 35.1 Å². The highest BCUT2D eigenvalue weighted by Crippen LogP contribution is 2.63. The lowest BCUT2D eigenvalue weighted by Crippen LogP contribution is -2.49. The molecule has 6 aliphatic rings. The van der Waals surface area contributed by atoms with Crippen LogP contribution >= 0.6 is 0 Å². The molecule has 4 aliphatic carbocycles. The molecule has 1 N–H and O–H groups in total. The largest absolute Gasteiger partial charge is 0.462 e. The van der Waals surface area contributed by atoms with Crippen molar-refractivity contribution >= 4 is 11.8 Å². The van der Waals surface area contributed by atoms with Crippen molar-refractivity contribution in [2.45, 2.75) is 103 Å². The van der Waals surface area contributed by atoms with E-state index in [0.717, 1.165) is 57.1 Å². The van der Waals surface area contributed by atoms with E-state index in [1.54, 1.807) is 0 Å². The summed E-state index contributed by atoms with van der Waals surface area (Å²) in [7, 11) is 0. The summed E-state index contributed by atoms with van der Waals surface area (Å²) in [6.45, 7) is 11.7. The summed E-state index contributed by atoms with van der Waals surface area (Å²) in [4.78, 5) is 25.8. The van der Waals surface area contributed by atoms with E-state index in [4.69, 9.17) is 9.47 Å². The van der Waals surface area contributed by atoms with Gasteiger partial charge in [-0.05, 0) is 80.7 Å². The predicted octanol–water partition coefficient (Wildman–Crippen LogP) is 4.75. The average Bonchev–Trinajstić information content (AvgIpc) is 3.23. The lowest BCUT2D eigenvalue weighted by molar-refractivity contribution is -0.148. The Balaban J connectivity index is 1.33. The summed E-state index contributed by atoms with van der Waals surface area (Å²) >= 11 is 0. The molecule has 0 unspecified atom stereocenters. The number of ketones is 1. The Hall–Kier alpha value is -1.46. The van der Waals surface area contributed by atoms with E-state index in [1.807, 2.05) is 0 Å². The van der Waals surface area contributed by atoms with E-state index >= 15 is 0 Å². The van der Waals surface area contributed by atoms with Crippen molar-refractivity contribution in [1.29, 1.82) is 0 Å². The Kier molecular flexibility index (Phi) is 5.25. The molecule has 4 fully saturated rings. The molecule has 5 nitrogen and oxygen atoms in total. The van der Waals surface area contributed by atoms with Gasteiger partial charge in [0, 0.05) is 36.8 Å². The molecule has 186 valence electrons. The summed E-state index contributed by atoms with van der Waals surface area (Å²) < 4.78 is 12.5. The lowest BCUT2D eigenvalue weighted by Gasteiger charge is -2.48. The second-order valence-corrected chi connectivity index (χ2v) is 12.7. The number of carbonyl (C=O) groups excluding carboxylic acids is 2. The van der Waals surface area contributed by atoms with Gasteiger partial charge in [-0.15, -0.1) is 0 Å². The Labute approximate surface area is 204 Å². The van der Waals surface area contributed by atoms with Gasteiger partial charge in [0.2, 0.25) is 0 Å². The number of hydrogen-bond acceptors (Lipinski definition) is 5. The van der Waals surface area contributed by atoms with Crippen molar-refractivity contribution in [2.24, 2.45) is 35.0 Å². The molecule has 0 bridgehead atoms. The summed E-state index contributed by atoms with van der Waals surface area (Å²) in [5, 5.41) is 3.78. The van der Waals surface area contributed by atoms with Crippen molar-refractivity contribution < 1.29 is 19.1 Å². The average molecular weight is 468 g/mol. The number of nitrogens with one attached hydrogen (secondary N) is 1. The van der Waals surface area contributed by atoms with E-state index in [1.165, 1.54) is 18.1 Å². The molecule has 5 heteroatoms. The van der Waals surface area contributed by atoms with Crippen molar-refractivity contribution in [3.8, 4) is 0 Å². The number of ether oxygens (including phenoxy) is 2. The summed E-state index contributed by atoms with van der Waals surface area (Å²) in [6.07, 6.45) is 9.37. The second-order valence-electron chi connectivity index (χ2n) is 12.7. The van der Waals surface area contributed by atoms with Gasteiger partial charge in [0.1, 0.15) is 6.10 Å². The first-order valence-corrected chi connectivity index (χ1v) is 13.7. The molecule has 2 heterocycles. The Bertz CT molecular complexity index is 983. The van der Waals surface area contributed by atoms with E-state index in [2.05, 4.69) is 39.1 Å². The SMILES string of the molecule is CC(=O)O[C@H]1CC[C@@]2(C)C(=CC[C@H]3[C@@H]4CC[C@]5(O[C@@H]6C[C@H](C)CN[C@H]6[C@H]5C)C(C)=C4C(=O)[C@@H]32)C1. The predicted molar refractivity (Wildman–Crippen MR) is 130 cm³/mol. The molecule has 1 spiro atoms. The van der Waals surface area contributed by atoms with Gasteiger partial charge in [-0.25, -0.2) is 0 Å². The molecular weight excluding hydrogens is 426 g/mol. The van der Waals surface area contributed by atoms with Crippen LogP contribution in [0.25, 0.3) is 0 Å². The van der Waals surface area contributed by atoms with Crippen LogP contribution in [0, 0.1) is 35.0 Å². The van der Waals surface area contributed by atoms with Crippen LogP contribution < -0.4 is 5.32 Å². The Morgan fingerprint density at radius 1 is 1.24 bits per heavy atom. The third-order valence-corrected chi connectivity index (χ3v) is 10.9. The molecular formula is C29H41NO4. The Morgan fingerprint density at radius 3 is 2.79 bits per heavy atom. The minimum absolute atomic E-state index is 0.0395. The zero-order valence-corrected chi connectivity index (χ0v) is 21.5. The summed E-state index contributed by atoms with van der Waals surface area (Å²) in [6, 6.07) is 0.393. The number of rotatable bonds is 1. The fraction of sp³-hybridized carbons (Fsp3) is 0.793. The van der Waals surface area contributed by atoms with E-state index in [9.17, 15) is 9.59 Å². The molecule has 2 saturated carbocycles. The molecule has 0 aromatic rings. The number of hydrogen-bond donors (Lipinski definition) is 1. The van der Waals surface area contributed by atoms with Crippen LogP contribution in [0.3, 0.4) is 0 Å². The van der Waals surface area contributed by atoms with Gasteiger partial charge in [-0.3, -0.25) is 9.59 Å². The van der Waals surface area contributed by atoms with Crippen LogP contribution in [0.4, 0.5) is 0 Å². The standard InChI is InChI=1S/C29H41NO4/c1-15-12-23-26(30-14-15)17(3)29(34-23)11-9-21-22-7-6-19-13-20(33-18(4)31)8-10-28(19,5)25(22)27(32)24(21)16(29)2/h6,15,17,20-23,25-26,30H,7-14H2,1-5H3/t15-,17+,20-,21-,22-,23+,25+,26-,28-,29-/m0/s1. The zero-order valence-electron chi connectivity index (χ0n) is 21.5. The highest BCUT2D eigenvalue weighted by molar-refractivity contribution is 6.02. The molecule has 0 aromatic carbocycles. The highest BCUT2D eigenvalue weighted by Gasteiger charge is 2.63. The van der Waals surface area contributed by atoms with Gasteiger partial charge in [-0.1, -0.05) is 32.4 Å². The van der Waals surface area contributed by atoms with Crippen LogP contribution in [-0.2, 0) is 19.1 Å². The molecule has 6 rings (SSSR count). The van der Waals surface area contributed by atoms with Crippen molar-refractivity contribution in [2.75, 3.05) is 6.54 Å². The van der Waals surface area contributed by atoms with Crippen LogP contribution in [0.5, 0.6) is 0 Å². The maximum Gasteiger partial charge on any atom is 0.302 e. The molecule has 34 heavy (non-hydrogen) atoms. The van der Waals surface area contributed by atoms with Gasteiger partial charge >= 0.3 is 5.97 Å². The van der Waals surface area contributed by atoms with Crippen LogP contribution in [0.2, 0.25) is 0 Å². The molecule has 10 atom stereocenters. The highest BCUT2D eigenvalue weighted by atomic mass is 16.5. The van der Waals surface area contributed by atoms with Crippen molar-refractivity contribution in [3.05, 3.63) is 22.8 Å². The van der Waals surface area contributed by atoms with Gasteiger partial charge in [-0.2, -0.15) is 0 Å². The number of piperidine rings is 1. The van der Waals surface area contributed by atoms with Gasteiger partial charge in [0.25, 0.3) is 0 Å². The quantitative estimate of drug-likeness (QED) is 0.445.